The Morgan fingerprint density at radius 2 is 2.22 bits per heavy atom. The number of nitrogens with one attached hydrogen (secondary N) is 1. The van der Waals surface area contributed by atoms with Crippen LogP contribution >= 0.6 is 0 Å². The minimum absolute atomic E-state index is 0.807. The summed E-state index contributed by atoms with van der Waals surface area (Å²) in [6, 6.07) is 0. The van der Waals surface area contributed by atoms with E-state index < -0.39 is 0 Å². The summed E-state index contributed by atoms with van der Waals surface area (Å²) in [5.41, 5.74) is 1.01. The van der Waals surface area contributed by atoms with Crippen LogP contribution in [-0.4, -0.2) is 12.8 Å². The maximum absolute atomic E-state index is 9.93. The summed E-state index contributed by atoms with van der Waals surface area (Å²) in [4.78, 5) is 9.93. The molecule has 0 amide bonds. The van der Waals surface area contributed by atoms with E-state index in [0.717, 1.165) is 24.9 Å². The molecule has 0 saturated heterocycles. The lowest BCUT2D eigenvalue weighted by atomic mass is 10.3. The molecule has 0 aliphatic heterocycles. The topological polar surface area (TPSA) is 29.1 Å². The Morgan fingerprint density at radius 3 is 2.56 bits per heavy atom. The molecule has 0 aromatic heterocycles. The molecule has 0 saturated carbocycles. The largest absolute Gasteiger partial charge is 0.389 e. The third-order valence-corrected chi connectivity index (χ3v) is 1.05. The molecule has 1 N–H and O–H groups in total. The van der Waals surface area contributed by atoms with Crippen molar-refractivity contribution in [3.63, 3.8) is 0 Å². The highest BCUT2D eigenvalue weighted by molar-refractivity contribution is 5.65. The van der Waals surface area contributed by atoms with Crippen LogP contribution in [0.4, 0.5) is 0 Å². The van der Waals surface area contributed by atoms with Crippen molar-refractivity contribution in [2.24, 2.45) is 0 Å². The van der Waals surface area contributed by atoms with Crippen molar-refractivity contribution < 1.29 is 4.79 Å². The van der Waals surface area contributed by atoms with E-state index in [1.54, 1.807) is 6.08 Å². The number of carbonyl (C=O) groups excluding carboxylic acids is 1. The second kappa shape index (κ2) is 5.35. The van der Waals surface area contributed by atoms with E-state index in [4.69, 9.17) is 0 Å². The van der Waals surface area contributed by atoms with Gasteiger partial charge in [0.25, 0.3) is 0 Å². The Kier molecular flexibility index (Phi) is 4.88. The Labute approximate surface area is 56.0 Å². The summed E-state index contributed by atoms with van der Waals surface area (Å²) in [6.45, 7) is 4.90. The van der Waals surface area contributed by atoms with Gasteiger partial charge in [0.15, 0.2) is 0 Å². The quantitative estimate of drug-likeness (QED) is 0.452. The maximum Gasteiger partial charge on any atom is 0.144 e. The lowest BCUT2D eigenvalue weighted by Crippen LogP contribution is -2.11. The predicted molar refractivity (Wildman–Crippen MR) is 38.1 cm³/mol. The smallest absolute Gasteiger partial charge is 0.144 e. The number of hydrogen-bond donors (Lipinski definition) is 1. The van der Waals surface area contributed by atoms with Crippen LogP contribution < -0.4 is 5.32 Å². The summed E-state index contributed by atoms with van der Waals surface area (Å²) >= 11 is 0. The molecule has 0 heterocycles. The van der Waals surface area contributed by atoms with Crippen LogP contribution in [0.3, 0.4) is 0 Å². The normalized spacial score (nSPS) is 11.1. The number of aldehydes is 1. The van der Waals surface area contributed by atoms with Gasteiger partial charge in [0.05, 0.1) is 0 Å². The molecular formula is C7H13NO. The standard InChI is InChI=1S/C7H13NO/c1-3-7(5-6-9)8-4-2/h5-6,8H,3-4H2,1-2H3. The highest BCUT2D eigenvalue weighted by Gasteiger charge is 1.86. The van der Waals surface area contributed by atoms with E-state index >= 15 is 0 Å². The first kappa shape index (κ1) is 8.21. The van der Waals surface area contributed by atoms with Crippen LogP contribution in [0.5, 0.6) is 0 Å². The summed E-state index contributed by atoms with van der Waals surface area (Å²) in [6.07, 6.45) is 3.26. The summed E-state index contributed by atoms with van der Waals surface area (Å²) < 4.78 is 0. The lowest BCUT2D eigenvalue weighted by Gasteiger charge is -2.02. The van der Waals surface area contributed by atoms with Crippen LogP contribution in [0.1, 0.15) is 20.3 Å². The Bertz CT molecular complexity index is 107. The molecule has 52 valence electrons. The molecule has 0 unspecified atom stereocenters. The van der Waals surface area contributed by atoms with Crippen molar-refractivity contribution in [1.29, 1.82) is 0 Å². The van der Waals surface area contributed by atoms with Crippen LogP contribution in [0.2, 0.25) is 0 Å². The first-order valence-electron chi connectivity index (χ1n) is 3.23. The fraction of sp³-hybridized carbons (Fsp3) is 0.571. The van der Waals surface area contributed by atoms with Crippen LogP contribution in [0, 0.1) is 0 Å². The zero-order chi connectivity index (χ0) is 7.11. The second-order valence-corrected chi connectivity index (χ2v) is 1.71. The Morgan fingerprint density at radius 1 is 1.56 bits per heavy atom. The highest BCUT2D eigenvalue weighted by atomic mass is 16.1. The van der Waals surface area contributed by atoms with E-state index in [1.165, 1.54) is 0 Å². The van der Waals surface area contributed by atoms with Crippen molar-refractivity contribution in [2.75, 3.05) is 6.54 Å². The third kappa shape index (κ3) is 3.76. The molecule has 0 rings (SSSR count). The second-order valence-electron chi connectivity index (χ2n) is 1.71. The zero-order valence-electron chi connectivity index (χ0n) is 5.98. The van der Waals surface area contributed by atoms with E-state index in [1.807, 2.05) is 13.8 Å². The minimum atomic E-state index is 0.807. The van der Waals surface area contributed by atoms with Gasteiger partial charge in [-0.3, -0.25) is 4.79 Å². The summed E-state index contributed by atoms with van der Waals surface area (Å²) in [5.74, 6) is 0. The molecule has 0 aromatic rings. The number of allylic oxidation sites excluding steroid dienone is 2. The summed E-state index contributed by atoms with van der Waals surface area (Å²) in [5, 5.41) is 3.06. The van der Waals surface area contributed by atoms with Gasteiger partial charge in [0, 0.05) is 12.2 Å². The molecular weight excluding hydrogens is 114 g/mol. The van der Waals surface area contributed by atoms with E-state index in [0.29, 0.717) is 0 Å². The highest BCUT2D eigenvalue weighted by Crippen LogP contribution is 1.91. The first-order valence-corrected chi connectivity index (χ1v) is 3.23. The maximum atomic E-state index is 9.93. The van der Waals surface area contributed by atoms with Gasteiger partial charge < -0.3 is 5.32 Å². The average molecular weight is 127 g/mol. The summed E-state index contributed by atoms with van der Waals surface area (Å²) in [7, 11) is 0. The molecule has 2 heteroatoms. The van der Waals surface area contributed by atoms with Crippen molar-refractivity contribution in [2.45, 2.75) is 20.3 Å². The van der Waals surface area contributed by atoms with E-state index in [2.05, 4.69) is 5.32 Å². The molecule has 0 spiro atoms. The Balaban J connectivity index is 3.66. The van der Waals surface area contributed by atoms with Gasteiger partial charge in [-0.2, -0.15) is 0 Å². The van der Waals surface area contributed by atoms with Crippen molar-refractivity contribution in [1.82, 2.24) is 5.32 Å². The fourth-order valence-electron chi connectivity index (χ4n) is 0.611. The van der Waals surface area contributed by atoms with Gasteiger partial charge in [0.1, 0.15) is 6.29 Å². The van der Waals surface area contributed by atoms with Gasteiger partial charge in [-0.05, 0) is 19.4 Å². The predicted octanol–water partition coefficient (Wildman–Crippen LogP) is 1.09. The van der Waals surface area contributed by atoms with E-state index in [9.17, 15) is 4.79 Å². The molecule has 0 aliphatic carbocycles. The van der Waals surface area contributed by atoms with Crippen molar-refractivity contribution in [3.8, 4) is 0 Å². The molecule has 2 nitrogen and oxygen atoms in total. The van der Waals surface area contributed by atoms with Gasteiger partial charge in [0.2, 0.25) is 0 Å². The number of rotatable bonds is 4. The monoisotopic (exact) mass is 127 g/mol. The zero-order valence-corrected chi connectivity index (χ0v) is 5.98. The van der Waals surface area contributed by atoms with E-state index in [-0.39, 0.29) is 0 Å². The van der Waals surface area contributed by atoms with Crippen molar-refractivity contribution in [3.05, 3.63) is 11.8 Å². The van der Waals surface area contributed by atoms with Crippen molar-refractivity contribution >= 4 is 6.29 Å². The minimum Gasteiger partial charge on any atom is -0.389 e. The SMILES string of the molecule is CCNC(=CC=O)CC. The van der Waals surface area contributed by atoms with Crippen LogP contribution in [0.25, 0.3) is 0 Å². The first-order chi connectivity index (χ1) is 4.35. The average Bonchev–Trinajstić information content (AvgIpc) is 1.88. The number of hydrogen-bond acceptors (Lipinski definition) is 2. The van der Waals surface area contributed by atoms with Gasteiger partial charge in [-0.25, -0.2) is 0 Å². The molecule has 0 aliphatic rings. The van der Waals surface area contributed by atoms with Gasteiger partial charge in [-0.1, -0.05) is 6.92 Å². The molecule has 0 aromatic carbocycles. The third-order valence-electron chi connectivity index (χ3n) is 1.05. The molecule has 0 radical (unpaired) electrons. The molecule has 0 bridgehead atoms. The lowest BCUT2D eigenvalue weighted by molar-refractivity contribution is -0.104. The van der Waals surface area contributed by atoms with Gasteiger partial charge in [-0.15, -0.1) is 0 Å². The van der Waals surface area contributed by atoms with Gasteiger partial charge >= 0.3 is 0 Å². The molecule has 0 fully saturated rings. The molecule has 0 atom stereocenters. The number of carbonyl (C=O) groups is 1. The van der Waals surface area contributed by atoms with Crippen LogP contribution in [0.15, 0.2) is 11.8 Å². The Hall–Kier alpha value is -0.790. The fourth-order valence-corrected chi connectivity index (χ4v) is 0.611. The van der Waals surface area contributed by atoms with Crippen LogP contribution in [-0.2, 0) is 4.79 Å². The molecule has 9 heavy (non-hydrogen) atoms.